The van der Waals surface area contributed by atoms with Gasteiger partial charge in [0.1, 0.15) is 5.69 Å². The molecule has 0 spiro atoms. The lowest BCUT2D eigenvalue weighted by molar-refractivity contribution is 0.100. The molecular formula is C18H15ClN2O2. The molecule has 0 atom stereocenters. The van der Waals surface area contributed by atoms with E-state index in [-0.39, 0.29) is 11.7 Å². The van der Waals surface area contributed by atoms with Gasteiger partial charge in [0.15, 0.2) is 5.78 Å². The maximum absolute atomic E-state index is 12.5. The van der Waals surface area contributed by atoms with Gasteiger partial charge in [0, 0.05) is 34.2 Å². The highest BCUT2D eigenvalue weighted by molar-refractivity contribution is 6.35. The summed E-state index contributed by atoms with van der Waals surface area (Å²) in [4.78, 5) is 24.0. The van der Waals surface area contributed by atoms with Crippen LogP contribution in [-0.2, 0) is 7.05 Å². The molecule has 116 valence electrons. The van der Waals surface area contributed by atoms with Crippen molar-refractivity contribution in [2.45, 2.75) is 6.92 Å². The molecule has 0 bridgehead atoms. The Labute approximate surface area is 138 Å². The zero-order valence-electron chi connectivity index (χ0n) is 12.8. The molecule has 0 unspecified atom stereocenters. The van der Waals surface area contributed by atoms with Crippen LogP contribution in [0.3, 0.4) is 0 Å². The molecule has 1 aromatic heterocycles. The van der Waals surface area contributed by atoms with Gasteiger partial charge in [-0.25, -0.2) is 0 Å². The first kappa shape index (κ1) is 15.3. The Morgan fingerprint density at radius 2 is 1.83 bits per heavy atom. The zero-order chi connectivity index (χ0) is 16.6. The van der Waals surface area contributed by atoms with Gasteiger partial charge in [-0.1, -0.05) is 29.8 Å². The maximum atomic E-state index is 12.5. The molecule has 4 nitrogen and oxygen atoms in total. The fourth-order valence-corrected chi connectivity index (χ4v) is 2.78. The van der Waals surface area contributed by atoms with Crippen LogP contribution < -0.4 is 5.32 Å². The summed E-state index contributed by atoms with van der Waals surface area (Å²) >= 11 is 6.18. The molecule has 0 radical (unpaired) electrons. The number of hydrogen-bond acceptors (Lipinski definition) is 2. The molecule has 3 aromatic rings. The number of carbonyl (C=O) groups is 2. The van der Waals surface area contributed by atoms with Crippen LogP contribution in [0.5, 0.6) is 0 Å². The molecule has 0 aliphatic carbocycles. The highest BCUT2D eigenvalue weighted by atomic mass is 35.5. The molecule has 0 aliphatic rings. The molecule has 0 aliphatic heterocycles. The predicted octanol–water partition coefficient (Wildman–Crippen LogP) is 4.29. The van der Waals surface area contributed by atoms with Gasteiger partial charge in [0.25, 0.3) is 5.91 Å². The summed E-state index contributed by atoms with van der Waals surface area (Å²) in [6, 6.07) is 14.2. The Morgan fingerprint density at radius 3 is 2.52 bits per heavy atom. The van der Waals surface area contributed by atoms with Crippen LogP contribution in [0.4, 0.5) is 5.69 Å². The minimum Gasteiger partial charge on any atom is -0.340 e. The molecule has 1 heterocycles. The predicted molar refractivity (Wildman–Crippen MR) is 92.3 cm³/mol. The molecule has 0 saturated carbocycles. The number of anilines is 1. The van der Waals surface area contributed by atoms with Crippen LogP contribution in [0.1, 0.15) is 27.8 Å². The molecule has 2 aromatic carbocycles. The standard InChI is InChI=1S/C18H15ClN2O2/c1-11(22)12-5-3-6-13(9-12)20-18(23)17-10-14-15(19)7-4-8-16(14)21(17)2/h3-10H,1-2H3,(H,20,23). The van der Waals surface area contributed by atoms with Crippen LogP contribution >= 0.6 is 11.6 Å². The summed E-state index contributed by atoms with van der Waals surface area (Å²) in [5.74, 6) is -0.294. The van der Waals surface area contributed by atoms with Gasteiger partial charge in [-0.3, -0.25) is 9.59 Å². The van der Waals surface area contributed by atoms with Crippen LogP contribution in [0.15, 0.2) is 48.5 Å². The molecule has 23 heavy (non-hydrogen) atoms. The number of Topliss-reactive ketones (excluding diaryl/α,β-unsaturated/α-hetero) is 1. The van der Waals surface area contributed by atoms with Gasteiger partial charge in [0.05, 0.1) is 0 Å². The van der Waals surface area contributed by atoms with E-state index in [0.717, 1.165) is 10.9 Å². The van der Waals surface area contributed by atoms with Crippen molar-refractivity contribution in [1.82, 2.24) is 4.57 Å². The molecule has 5 heteroatoms. The Bertz CT molecular complexity index is 928. The number of halogens is 1. The Hall–Kier alpha value is -2.59. The third-order valence-electron chi connectivity index (χ3n) is 3.79. The average Bonchev–Trinajstić information content (AvgIpc) is 2.86. The molecule has 0 fully saturated rings. The number of carbonyl (C=O) groups excluding carboxylic acids is 2. The van der Waals surface area contributed by atoms with Gasteiger partial charge < -0.3 is 9.88 Å². The van der Waals surface area contributed by atoms with E-state index in [1.165, 1.54) is 6.92 Å². The summed E-state index contributed by atoms with van der Waals surface area (Å²) < 4.78 is 1.80. The second-order valence-corrected chi connectivity index (χ2v) is 5.76. The second-order valence-electron chi connectivity index (χ2n) is 5.35. The number of ketones is 1. The lowest BCUT2D eigenvalue weighted by Crippen LogP contribution is -2.15. The van der Waals surface area contributed by atoms with Gasteiger partial charge in [-0.15, -0.1) is 0 Å². The van der Waals surface area contributed by atoms with E-state index in [0.29, 0.717) is 22.0 Å². The Kier molecular flexibility index (Phi) is 3.92. The summed E-state index contributed by atoms with van der Waals surface area (Å²) in [5, 5.41) is 4.26. The monoisotopic (exact) mass is 326 g/mol. The van der Waals surface area contributed by atoms with Gasteiger partial charge in [-0.2, -0.15) is 0 Å². The van der Waals surface area contributed by atoms with E-state index in [2.05, 4.69) is 5.32 Å². The van der Waals surface area contributed by atoms with Crippen LogP contribution in [0.25, 0.3) is 10.9 Å². The number of hydrogen-bond donors (Lipinski definition) is 1. The van der Waals surface area contributed by atoms with E-state index in [9.17, 15) is 9.59 Å². The molecule has 1 N–H and O–H groups in total. The van der Waals surface area contributed by atoms with Crippen LogP contribution in [0, 0.1) is 0 Å². The van der Waals surface area contributed by atoms with E-state index < -0.39 is 0 Å². The first-order valence-corrected chi connectivity index (χ1v) is 7.51. The van der Waals surface area contributed by atoms with Crippen molar-refractivity contribution < 1.29 is 9.59 Å². The van der Waals surface area contributed by atoms with E-state index in [1.54, 1.807) is 41.0 Å². The third-order valence-corrected chi connectivity index (χ3v) is 4.12. The number of rotatable bonds is 3. The maximum Gasteiger partial charge on any atom is 0.272 e. The number of fused-ring (bicyclic) bond motifs is 1. The number of benzene rings is 2. The van der Waals surface area contributed by atoms with Crippen LogP contribution in [-0.4, -0.2) is 16.3 Å². The smallest absolute Gasteiger partial charge is 0.272 e. The summed E-state index contributed by atoms with van der Waals surface area (Å²) in [6.45, 7) is 1.49. The average molecular weight is 327 g/mol. The fourth-order valence-electron chi connectivity index (χ4n) is 2.55. The van der Waals surface area contributed by atoms with Gasteiger partial charge in [0.2, 0.25) is 0 Å². The first-order valence-electron chi connectivity index (χ1n) is 7.13. The lowest BCUT2D eigenvalue weighted by Gasteiger charge is -2.07. The van der Waals surface area contributed by atoms with Crippen molar-refractivity contribution in [3.8, 4) is 0 Å². The quantitative estimate of drug-likeness (QED) is 0.730. The third kappa shape index (κ3) is 2.85. The minimum absolute atomic E-state index is 0.0440. The second kappa shape index (κ2) is 5.89. The Balaban J connectivity index is 1.95. The first-order chi connectivity index (χ1) is 11.0. The van der Waals surface area contributed by atoms with E-state index in [1.807, 2.05) is 19.2 Å². The number of nitrogens with one attached hydrogen (secondary N) is 1. The molecule has 1 amide bonds. The normalized spacial score (nSPS) is 10.7. The lowest BCUT2D eigenvalue weighted by atomic mass is 10.1. The van der Waals surface area contributed by atoms with Crippen molar-refractivity contribution in [2.24, 2.45) is 7.05 Å². The van der Waals surface area contributed by atoms with E-state index in [4.69, 9.17) is 11.6 Å². The summed E-state index contributed by atoms with van der Waals surface area (Å²) in [5.41, 5.74) is 2.53. The highest BCUT2D eigenvalue weighted by Gasteiger charge is 2.15. The molecular weight excluding hydrogens is 312 g/mol. The van der Waals surface area contributed by atoms with Crippen molar-refractivity contribution in [1.29, 1.82) is 0 Å². The number of aryl methyl sites for hydroxylation is 1. The highest BCUT2D eigenvalue weighted by Crippen LogP contribution is 2.26. The topological polar surface area (TPSA) is 51.1 Å². The van der Waals surface area contributed by atoms with Crippen molar-refractivity contribution in [3.05, 3.63) is 64.8 Å². The van der Waals surface area contributed by atoms with E-state index >= 15 is 0 Å². The summed E-state index contributed by atoms with van der Waals surface area (Å²) in [6.07, 6.45) is 0. The van der Waals surface area contributed by atoms with Crippen molar-refractivity contribution in [2.75, 3.05) is 5.32 Å². The number of amides is 1. The Morgan fingerprint density at radius 1 is 1.09 bits per heavy atom. The molecule has 3 rings (SSSR count). The number of aromatic nitrogens is 1. The van der Waals surface area contributed by atoms with Gasteiger partial charge in [-0.05, 0) is 37.3 Å². The van der Waals surface area contributed by atoms with Crippen molar-refractivity contribution >= 4 is 39.9 Å². The van der Waals surface area contributed by atoms with Gasteiger partial charge >= 0.3 is 0 Å². The summed E-state index contributed by atoms with van der Waals surface area (Å²) in [7, 11) is 1.82. The minimum atomic E-state index is -0.250. The largest absolute Gasteiger partial charge is 0.340 e. The zero-order valence-corrected chi connectivity index (χ0v) is 13.5. The molecule has 0 saturated heterocycles. The van der Waals surface area contributed by atoms with Crippen molar-refractivity contribution in [3.63, 3.8) is 0 Å². The fraction of sp³-hybridized carbons (Fsp3) is 0.111. The SMILES string of the molecule is CC(=O)c1cccc(NC(=O)c2cc3c(Cl)cccc3n2C)c1. The number of nitrogens with zero attached hydrogens (tertiary/aromatic N) is 1. The van der Waals surface area contributed by atoms with Crippen LogP contribution in [0.2, 0.25) is 5.02 Å².